The Morgan fingerprint density at radius 3 is 2.85 bits per heavy atom. The second kappa shape index (κ2) is 4.35. The summed E-state index contributed by atoms with van der Waals surface area (Å²) in [7, 11) is 1.66. The lowest BCUT2D eigenvalue weighted by atomic mass is 10.1. The van der Waals surface area contributed by atoms with Gasteiger partial charge < -0.3 is 5.32 Å². The largest absolute Gasteiger partial charge is 0.301 e. The van der Waals surface area contributed by atoms with Crippen LogP contribution in [0, 0.1) is 17.1 Å². The Morgan fingerprint density at radius 1 is 1.62 bits per heavy atom. The summed E-state index contributed by atoms with van der Waals surface area (Å²) in [5.74, 6) is -0.339. The molecule has 13 heavy (non-hydrogen) atoms. The average molecular weight is 243 g/mol. The minimum Gasteiger partial charge on any atom is -0.301 e. The van der Waals surface area contributed by atoms with Crippen LogP contribution in [-0.4, -0.2) is 7.05 Å². The molecule has 1 aromatic rings. The summed E-state index contributed by atoms with van der Waals surface area (Å²) in [4.78, 5) is 0. The van der Waals surface area contributed by atoms with Crippen LogP contribution in [0.3, 0.4) is 0 Å². The van der Waals surface area contributed by atoms with Gasteiger partial charge in [0.25, 0.3) is 0 Å². The highest BCUT2D eigenvalue weighted by Gasteiger charge is 2.11. The number of benzene rings is 1. The van der Waals surface area contributed by atoms with Gasteiger partial charge in [0.05, 0.1) is 6.07 Å². The van der Waals surface area contributed by atoms with Gasteiger partial charge in [0.15, 0.2) is 0 Å². The maximum Gasteiger partial charge on any atom is 0.123 e. The second-order valence-corrected chi connectivity index (χ2v) is 3.37. The molecular weight excluding hydrogens is 235 g/mol. The normalized spacial score (nSPS) is 12.2. The lowest BCUT2D eigenvalue weighted by Gasteiger charge is -2.09. The molecule has 68 valence electrons. The molecule has 0 aliphatic carbocycles. The van der Waals surface area contributed by atoms with Crippen LogP contribution in [0.2, 0.25) is 0 Å². The van der Waals surface area contributed by atoms with Gasteiger partial charge in [0.1, 0.15) is 11.9 Å². The number of halogens is 2. The van der Waals surface area contributed by atoms with Crippen molar-refractivity contribution in [1.29, 1.82) is 5.26 Å². The number of rotatable bonds is 2. The zero-order chi connectivity index (χ0) is 9.84. The van der Waals surface area contributed by atoms with Crippen LogP contribution in [0.5, 0.6) is 0 Å². The molecule has 0 saturated carbocycles. The van der Waals surface area contributed by atoms with Crippen molar-refractivity contribution in [2.24, 2.45) is 0 Å². The average Bonchev–Trinajstić information content (AvgIpc) is 2.13. The van der Waals surface area contributed by atoms with Crippen LogP contribution >= 0.6 is 15.9 Å². The number of nitrogens with zero attached hydrogens (tertiary/aromatic N) is 1. The zero-order valence-corrected chi connectivity index (χ0v) is 8.60. The van der Waals surface area contributed by atoms with Gasteiger partial charge in [-0.05, 0) is 25.2 Å². The fourth-order valence-electron chi connectivity index (χ4n) is 1.03. The predicted octanol–water partition coefficient (Wildman–Crippen LogP) is 2.37. The Morgan fingerprint density at radius 2 is 2.31 bits per heavy atom. The first-order valence-corrected chi connectivity index (χ1v) is 4.50. The van der Waals surface area contributed by atoms with E-state index in [9.17, 15) is 4.39 Å². The van der Waals surface area contributed by atoms with Crippen molar-refractivity contribution in [3.8, 4) is 6.07 Å². The van der Waals surface area contributed by atoms with E-state index in [1.807, 2.05) is 6.07 Å². The standard InChI is InChI=1S/C9H8BrFN2/c1-13-9(5-12)7-4-6(11)2-3-8(7)10/h2-4,9,13H,1H3. The lowest BCUT2D eigenvalue weighted by Crippen LogP contribution is -2.14. The summed E-state index contributed by atoms with van der Waals surface area (Å²) in [6.45, 7) is 0. The molecule has 1 N–H and O–H groups in total. The molecule has 0 aromatic heterocycles. The monoisotopic (exact) mass is 242 g/mol. The summed E-state index contributed by atoms with van der Waals surface area (Å²) in [6.07, 6.45) is 0. The van der Waals surface area contributed by atoms with Crippen molar-refractivity contribution in [2.45, 2.75) is 6.04 Å². The summed E-state index contributed by atoms with van der Waals surface area (Å²) in [5, 5.41) is 11.5. The third-order valence-corrected chi connectivity index (χ3v) is 2.41. The van der Waals surface area contributed by atoms with E-state index in [1.165, 1.54) is 12.1 Å². The summed E-state index contributed by atoms with van der Waals surface area (Å²) >= 11 is 3.25. The Bertz CT molecular complexity index is 346. The third-order valence-electron chi connectivity index (χ3n) is 1.69. The number of hydrogen-bond donors (Lipinski definition) is 1. The number of hydrogen-bond acceptors (Lipinski definition) is 2. The van der Waals surface area contributed by atoms with E-state index >= 15 is 0 Å². The van der Waals surface area contributed by atoms with Crippen molar-refractivity contribution in [3.63, 3.8) is 0 Å². The van der Waals surface area contributed by atoms with Crippen LogP contribution in [0.4, 0.5) is 4.39 Å². The van der Waals surface area contributed by atoms with Gasteiger partial charge in [0.2, 0.25) is 0 Å². The first kappa shape index (κ1) is 10.2. The van der Waals surface area contributed by atoms with Gasteiger partial charge >= 0.3 is 0 Å². The molecular formula is C9H8BrFN2. The predicted molar refractivity (Wildman–Crippen MR) is 51.5 cm³/mol. The minimum atomic E-state index is -0.481. The maximum absolute atomic E-state index is 12.8. The Labute approximate surface area is 84.5 Å². The fraction of sp³-hybridized carbons (Fsp3) is 0.222. The quantitative estimate of drug-likeness (QED) is 0.865. The van der Waals surface area contributed by atoms with Crippen LogP contribution in [0.25, 0.3) is 0 Å². The van der Waals surface area contributed by atoms with Crippen molar-refractivity contribution in [3.05, 3.63) is 34.1 Å². The van der Waals surface area contributed by atoms with Crippen LogP contribution in [0.15, 0.2) is 22.7 Å². The number of nitriles is 1. The molecule has 0 aliphatic heterocycles. The van der Waals surface area contributed by atoms with Gasteiger partial charge in [0, 0.05) is 10.0 Å². The molecule has 0 bridgehead atoms. The van der Waals surface area contributed by atoms with Crippen LogP contribution in [0.1, 0.15) is 11.6 Å². The fourth-order valence-corrected chi connectivity index (χ4v) is 1.50. The lowest BCUT2D eigenvalue weighted by molar-refractivity contribution is 0.619. The Kier molecular flexibility index (Phi) is 3.40. The van der Waals surface area contributed by atoms with Crippen molar-refractivity contribution < 1.29 is 4.39 Å². The molecule has 0 fully saturated rings. The Balaban J connectivity index is 3.13. The highest BCUT2D eigenvalue weighted by atomic mass is 79.9. The summed E-state index contributed by atoms with van der Waals surface area (Å²) in [5.41, 5.74) is 0.616. The van der Waals surface area contributed by atoms with Gasteiger partial charge in [-0.2, -0.15) is 5.26 Å². The second-order valence-electron chi connectivity index (χ2n) is 2.52. The molecule has 0 radical (unpaired) electrons. The molecule has 0 aliphatic rings. The van der Waals surface area contributed by atoms with E-state index < -0.39 is 6.04 Å². The molecule has 0 saturated heterocycles. The molecule has 0 amide bonds. The van der Waals surface area contributed by atoms with E-state index in [1.54, 1.807) is 13.1 Å². The smallest absolute Gasteiger partial charge is 0.123 e. The third kappa shape index (κ3) is 2.27. The van der Waals surface area contributed by atoms with Crippen LogP contribution in [-0.2, 0) is 0 Å². The molecule has 1 unspecified atom stereocenters. The van der Waals surface area contributed by atoms with Gasteiger partial charge in [-0.25, -0.2) is 4.39 Å². The first-order valence-electron chi connectivity index (χ1n) is 3.71. The van der Waals surface area contributed by atoms with Gasteiger partial charge in [-0.15, -0.1) is 0 Å². The highest BCUT2D eigenvalue weighted by Crippen LogP contribution is 2.23. The maximum atomic E-state index is 12.8. The van der Waals surface area contributed by atoms with E-state index in [4.69, 9.17) is 5.26 Å². The number of nitrogens with one attached hydrogen (secondary N) is 1. The minimum absolute atomic E-state index is 0.339. The highest BCUT2D eigenvalue weighted by molar-refractivity contribution is 9.10. The van der Waals surface area contributed by atoms with Gasteiger partial charge in [-0.3, -0.25) is 0 Å². The van der Waals surface area contributed by atoms with Crippen molar-refractivity contribution in [1.82, 2.24) is 5.32 Å². The van der Waals surface area contributed by atoms with E-state index in [2.05, 4.69) is 21.2 Å². The summed E-state index contributed by atoms with van der Waals surface area (Å²) in [6, 6.07) is 5.82. The van der Waals surface area contributed by atoms with E-state index in [-0.39, 0.29) is 5.82 Å². The van der Waals surface area contributed by atoms with Crippen molar-refractivity contribution >= 4 is 15.9 Å². The zero-order valence-electron chi connectivity index (χ0n) is 7.01. The molecule has 1 aromatic carbocycles. The molecule has 0 spiro atoms. The molecule has 2 nitrogen and oxygen atoms in total. The Hall–Kier alpha value is -0.920. The molecule has 4 heteroatoms. The van der Waals surface area contributed by atoms with Crippen LogP contribution < -0.4 is 5.32 Å². The summed E-state index contributed by atoms with van der Waals surface area (Å²) < 4.78 is 13.6. The van der Waals surface area contributed by atoms with Gasteiger partial charge in [-0.1, -0.05) is 15.9 Å². The topological polar surface area (TPSA) is 35.8 Å². The van der Waals surface area contributed by atoms with E-state index in [0.29, 0.717) is 5.56 Å². The van der Waals surface area contributed by atoms with Crippen molar-refractivity contribution in [2.75, 3.05) is 7.05 Å². The molecule has 1 rings (SSSR count). The van der Waals surface area contributed by atoms with E-state index in [0.717, 1.165) is 4.47 Å². The SMILES string of the molecule is CNC(C#N)c1cc(F)ccc1Br. The first-order chi connectivity index (χ1) is 6.19. The molecule has 0 heterocycles. The molecule has 1 atom stereocenters.